The second-order valence-electron chi connectivity index (χ2n) is 3.94. The molecule has 0 saturated heterocycles. The highest BCUT2D eigenvalue weighted by Crippen LogP contribution is 2.28. The van der Waals surface area contributed by atoms with Gasteiger partial charge in [0.2, 0.25) is 0 Å². The Bertz CT molecular complexity index is 765. The lowest BCUT2D eigenvalue weighted by Gasteiger charge is -2.04. The molecule has 6 nitrogen and oxygen atoms in total. The predicted octanol–water partition coefficient (Wildman–Crippen LogP) is 1.79. The maximum absolute atomic E-state index is 12.6. The molecule has 2 N–H and O–H groups in total. The minimum atomic E-state index is -4.66. The van der Waals surface area contributed by atoms with Crippen LogP contribution in [0.4, 0.5) is 19.0 Å². The highest BCUT2D eigenvalue weighted by Gasteiger charge is 2.37. The molecule has 3 aromatic rings. The lowest BCUT2D eigenvalue weighted by Crippen LogP contribution is -2.09. The molecule has 1 aromatic carbocycles. The van der Waals surface area contributed by atoms with Crippen molar-refractivity contribution in [2.75, 3.05) is 5.73 Å². The van der Waals surface area contributed by atoms with Crippen molar-refractivity contribution in [2.24, 2.45) is 0 Å². The van der Waals surface area contributed by atoms with Crippen molar-refractivity contribution >= 4 is 11.6 Å². The van der Waals surface area contributed by atoms with Crippen LogP contribution in [-0.4, -0.2) is 24.8 Å². The fourth-order valence-corrected chi connectivity index (χ4v) is 1.70. The highest BCUT2D eigenvalue weighted by atomic mass is 19.4. The van der Waals surface area contributed by atoms with E-state index in [2.05, 4.69) is 20.3 Å². The average Bonchev–Trinajstić information content (AvgIpc) is 2.85. The molecule has 0 bridgehead atoms. The van der Waals surface area contributed by atoms with Crippen molar-refractivity contribution in [3.63, 3.8) is 0 Å². The van der Waals surface area contributed by atoms with Crippen LogP contribution in [0, 0.1) is 0 Å². The van der Waals surface area contributed by atoms with Gasteiger partial charge < -0.3 is 5.73 Å². The van der Waals surface area contributed by atoms with E-state index < -0.39 is 12.0 Å². The monoisotopic (exact) mass is 280 g/mol. The first kappa shape index (κ1) is 12.3. The molecular weight excluding hydrogens is 273 g/mol. The highest BCUT2D eigenvalue weighted by molar-refractivity contribution is 5.70. The van der Waals surface area contributed by atoms with Crippen molar-refractivity contribution < 1.29 is 13.2 Å². The van der Waals surface area contributed by atoms with Crippen LogP contribution in [0.1, 0.15) is 5.82 Å². The zero-order valence-electron chi connectivity index (χ0n) is 9.83. The summed E-state index contributed by atoms with van der Waals surface area (Å²) < 4.78 is 38.5. The smallest absolute Gasteiger partial charge is 0.382 e. The van der Waals surface area contributed by atoms with E-state index >= 15 is 0 Å². The number of hydrogen-bond donors (Lipinski definition) is 1. The minimum absolute atomic E-state index is 0.0517. The van der Waals surface area contributed by atoms with E-state index in [0.717, 1.165) is 4.52 Å². The summed E-state index contributed by atoms with van der Waals surface area (Å²) in [5.41, 5.74) is 6.67. The number of rotatable bonds is 1. The van der Waals surface area contributed by atoms with Crippen LogP contribution in [0.15, 0.2) is 30.3 Å². The molecular formula is C11H7F3N6. The molecule has 0 radical (unpaired) electrons. The molecule has 0 amide bonds. The number of anilines is 1. The Labute approximate surface area is 110 Å². The Hall–Kier alpha value is -2.71. The molecule has 0 fully saturated rings. The summed E-state index contributed by atoms with van der Waals surface area (Å²) in [6.45, 7) is 0. The molecule has 0 atom stereocenters. The van der Waals surface area contributed by atoms with Gasteiger partial charge in [-0.2, -0.15) is 22.7 Å². The summed E-state index contributed by atoms with van der Waals surface area (Å²) in [5.74, 6) is -1.65. The van der Waals surface area contributed by atoms with Gasteiger partial charge in [0.25, 0.3) is 11.6 Å². The normalized spacial score (nSPS) is 11.9. The van der Waals surface area contributed by atoms with Crippen LogP contribution in [0.2, 0.25) is 0 Å². The number of nitrogens with zero attached hydrogens (tertiary/aromatic N) is 5. The van der Waals surface area contributed by atoms with Crippen LogP contribution >= 0.6 is 0 Å². The second kappa shape index (κ2) is 4.15. The van der Waals surface area contributed by atoms with E-state index in [1.54, 1.807) is 30.3 Å². The summed E-state index contributed by atoms with van der Waals surface area (Å²) in [6.07, 6.45) is -4.66. The maximum atomic E-state index is 12.6. The van der Waals surface area contributed by atoms with E-state index in [-0.39, 0.29) is 17.3 Å². The SMILES string of the molecule is Nc1c(-c2ccccc2)nnc2nc(C(F)(F)F)nn12. The minimum Gasteiger partial charge on any atom is -0.382 e. The molecule has 0 aliphatic rings. The quantitative estimate of drug-likeness (QED) is 0.734. The molecule has 3 rings (SSSR count). The number of halogens is 3. The number of hydrogen-bond acceptors (Lipinski definition) is 5. The molecule has 0 spiro atoms. The van der Waals surface area contributed by atoms with E-state index in [1.165, 1.54) is 0 Å². The Balaban J connectivity index is 2.21. The number of nitrogens with two attached hydrogens (primary N) is 1. The standard InChI is InChI=1S/C11H7F3N6/c12-11(13,14)9-16-10-18-17-7(8(15)20(10)19-9)6-4-2-1-3-5-6/h1-5H,15H2. The predicted molar refractivity (Wildman–Crippen MR) is 63.4 cm³/mol. The molecule has 2 aromatic heterocycles. The van der Waals surface area contributed by atoms with Gasteiger partial charge in [0.05, 0.1) is 0 Å². The van der Waals surface area contributed by atoms with Gasteiger partial charge in [-0.05, 0) is 0 Å². The lowest BCUT2D eigenvalue weighted by molar-refractivity contribution is -0.144. The van der Waals surface area contributed by atoms with Crippen molar-refractivity contribution in [1.29, 1.82) is 0 Å². The molecule has 0 aliphatic carbocycles. The van der Waals surface area contributed by atoms with Gasteiger partial charge >= 0.3 is 6.18 Å². The summed E-state index contributed by atoms with van der Waals surface area (Å²) in [4.78, 5) is 3.25. The first-order valence-electron chi connectivity index (χ1n) is 5.48. The van der Waals surface area contributed by atoms with Gasteiger partial charge in [-0.1, -0.05) is 30.3 Å². The molecule has 0 unspecified atom stereocenters. The first-order chi connectivity index (χ1) is 9.47. The summed E-state index contributed by atoms with van der Waals surface area (Å²) in [5, 5.41) is 10.7. The van der Waals surface area contributed by atoms with Crippen molar-refractivity contribution in [2.45, 2.75) is 6.18 Å². The Morgan fingerprint density at radius 1 is 1.05 bits per heavy atom. The van der Waals surface area contributed by atoms with Gasteiger partial charge in [-0.15, -0.1) is 15.3 Å². The Morgan fingerprint density at radius 3 is 2.40 bits per heavy atom. The number of alkyl halides is 3. The van der Waals surface area contributed by atoms with Gasteiger partial charge in [0.1, 0.15) is 5.69 Å². The van der Waals surface area contributed by atoms with Crippen LogP contribution in [0.25, 0.3) is 17.0 Å². The van der Waals surface area contributed by atoms with Crippen LogP contribution < -0.4 is 5.73 Å². The fourth-order valence-electron chi connectivity index (χ4n) is 1.70. The second-order valence-corrected chi connectivity index (χ2v) is 3.94. The summed E-state index contributed by atoms with van der Waals surface area (Å²) >= 11 is 0. The molecule has 0 aliphatic heterocycles. The Kier molecular flexibility index (Phi) is 2.56. The number of benzene rings is 1. The maximum Gasteiger partial charge on any atom is 0.453 e. The molecule has 102 valence electrons. The van der Waals surface area contributed by atoms with Crippen molar-refractivity contribution in [1.82, 2.24) is 24.8 Å². The van der Waals surface area contributed by atoms with Crippen LogP contribution in [0.5, 0.6) is 0 Å². The van der Waals surface area contributed by atoms with Crippen molar-refractivity contribution in [3.05, 3.63) is 36.2 Å². The third-order valence-electron chi connectivity index (χ3n) is 2.60. The largest absolute Gasteiger partial charge is 0.453 e. The number of nitrogen functional groups attached to an aromatic ring is 1. The lowest BCUT2D eigenvalue weighted by atomic mass is 10.1. The van der Waals surface area contributed by atoms with Crippen LogP contribution in [-0.2, 0) is 6.18 Å². The van der Waals surface area contributed by atoms with E-state index in [0.29, 0.717) is 5.56 Å². The number of aromatic nitrogens is 5. The third kappa shape index (κ3) is 1.92. The molecule has 20 heavy (non-hydrogen) atoms. The average molecular weight is 280 g/mol. The fraction of sp³-hybridized carbons (Fsp3) is 0.0909. The zero-order chi connectivity index (χ0) is 14.3. The van der Waals surface area contributed by atoms with E-state index in [1.807, 2.05) is 0 Å². The van der Waals surface area contributed by atoms with E-state index in [4.69, 9.17) is 5.73 Å². The zero-order valence-corrected chi connectivity index (χ0v) is 9.83. The topological polar surface area (TPSA) is 82.0 Å². The van der Waals surface area contributed by atoms with Gasteiger partial charge in [0, 0.05) is 5.56 Å². The van der Waals surface area contributed by atoms with Crippen LogP contribution in [0.3, 0.4) is 0 Å². The number of fused-ring (bicyclic) bond motifs is 1. The summed E-state index contributed by atoms with van der Waals surface area (Å²) in [6, 6.07) is 8.73. The van der Waals surface area contributed by atoms with Gasteiger partial charge in [0.15, 0.2) is 5.82 Å². The summed E-state index contributed by atoms with van der Waals surface area (Å²) in [7, 11) is 0. The Morgan fingerprint density at radius 2 is 1.75 bits per heavy atom. The van der Waals surface area contributed by atoms with Gasteiger partial charge in [-0.3, -0.25) is 0 Å². The molecule has 0 saturated carbocycles. The van der Waals surface area contributed by atoms with Gasteiger partial charge in [-0.25, -0.2) is 0 Å². The molecule has 9 heteroatoms. The van der Waals surface area contributed by atoms with E-state index in [9.17, 15) is 13.2 Å². The third-order valence-corrected chi connectivity index (χ3v) is 2.60. The molecule has 2 heterocycles. The first-order valence-corrected chi connectivity index (χ1v) is 5.48. The van der Waals surface area contributed by atoms with Crippen molar-refractivity contribution in [3.8, 4) is 11.3 Å².